The Hall–Kier alpha value is -4.49. The number of pyridine rings is 1. The normalized spacial score (nSPS) is 22.1. The van der Waals surface area contributed by atoms with Crippen molar-refractivity contribution in [3.8, 4) is 22.4 Å². The van der Waals surface area contributed by atoms with E-state index in [0.29, 0.717) is 58.2 Å². The van der Waals surface area contributed by atoms with Crippen LogP contribution in [0.3, 0.4) is 0 Å². The van der Waals surface area contributed by atoms with Crippen LogP contribution in [-0.4, -0.2) is 65.9 Å². The molecule has 3 N–H and O–H groups in total. The summed E-state index contributed by atoms with van der Waals surface area (Å²) in [6.45, 7) is 0.253. The number of ether oxygens (including phenoxy) is 2. The lowest BCUT2D eigenvalue weighted by Crippen LogP contribution is -2.41. The van der Waals surface area contributed by atoms with Gasteiger partial charge < -0.3 is 24.9 Å². The highest BCUT2D eigenvalue weighted by molar-refractivity contribution is 6.14. The van der Waals surface area contributed by atoms with Crippen molar-refractivity contribution in [2.75, 3.05) is 13.7 Å². The smallest absolute Gasteiger partial charge is 0.407 e. The number of hydrogen-bond acceptors (Lipinski definition) is 7. The first kappa shape index (κ1) is 26.4. The minimum absolute atomic E-state index is 0.238. The van der Waals surface area contributed by atoms with Gasteiger partial charge in [0.05, 0.1) is 59.2 Å². The van der Waals surface area contributed by atoms with E-state index < -0.39 is 30.3 Å². The lowest BCUT2D eigenvalue weighted by atomic mass is 9.97. The van der Waals surface area contributed by atoms with Gasteiger partial charge in [-0.3, -0.25) is 13.8 Å². The summed E-state index contributed by atoms with van der Waals surface area (Å²) < 4.78 is 30.9. The number of nitrogens with one attached hydrogen (secondary N) is 2. The van der Waals surface area contributed by atoms with Crippen LogP contribution in [0, 0.1) is 5.95 Å². The average molecular weight is 576 g/mol. The molecule has 4 aromatic heterocycles. The standard InChI is InChI=1S/C29H30FN7O5/c1-35-13-17(26(30)34-35)24-22-15-6-4-14(5-7-15)20(38)8-9-42-21-11-16(10-18(21)32-28(39)41-3)37-25-19(36(2)29(37)40)12-31-27(33-24)23(22)25/h4-7,12-13,16,18,20-21,38H,8-11H2,1-3H3,(H,31,33)(H,32,39)/t16-,18-,20-,21+/m0/s1. The first-order valence-corrected chi connectivity index (χ1v) is 13.8. The Labute approximate surface area is 238 Å². The van der Waals surface area contributed by atoms with E-state index in [1.165, 1.54) is 11.8 Å². The van der Waals surface area contributed by atoms with Gasteiger partial charge in [-0.2, -0.15) is 4.39 Å². The van der Waals surface area contributed by atoms with Crippen molar-refractivity contribution in [1.29, 1.82) is 0 Å². The third-order valence-electron chi connectivity index (χ3n) is 8.56. The maximum Gasteiger partial charge on any atom is 0.407 e. The number of carbonyl (C=O) groups is 1. The number of hydrogen-bond donors (Lipinski definition) is 3. The molecule has 13 heteroatoms. The van der Waals surface area contributed by atoms with Crippen molar-refractivity contribution in [2.24, 2.45) is 14.1 Å². The molecule has 1 aromatic carbocycles. The third-order valence-corrected chi connectivity index (χ3v) is 8.56. The molecule has 4 bridgehead atoms. The van der Waals surface area contributed by atoms with E-state index in [2.05, 4.69) is 20.4 Å². The predicted molar refractivity (Wildman–Crippen MR) is 151 cm³/mol. The number of H-pyrrole nitrogens is 1. The highest BCUT2D eigenvalue weighted by atomic mass is 19.1. The number of rotatable bonds is 2. The van der Waals surface area contributed by atoms with Crippen LogP contribution in [0.15, 0.2) is 41.5 Å². The molecule has 0 unspecified atom stereocenters. The van der Waals surface area contributed by atoms with Crippen molar-refractivity contribution >= 4 is 28.2 Å². The molecule has 1 fully saturated rings. The number of aliphatic hydroxyl groups excluding tert-OH is 1. The summed E-state index contributed by atoms with van der Waals surface area (Å²) in [7, 11) is 4.64. The zero-order valence-electron chi connectivity index (χ0n) is 23.3. The highest BCUT2D eigenvalue weighted by Gasteiger charge is 2.39. The summed E-state index contributed by atoms with van der Waals surface area (Å²) in [5, 5.41) is 18.4. The number of aromatic nitrogens is 6. The molecule has 0 radical (unpaired) electrons. The van der Waals surface area contributed by atoms with Gasteiger partial charge in [0.2, 0.25) is 5.95 Å². The van der Waals surface area contributed by atoms with E-state index >= 15 is 4.39 Å². The molecule has 5 aromatic rings. The number of methoxy groups -OCH3 is 1. The van der Waals surface area contributed by atoms with Gasteiger partial charge in [0.15, 0.2) is 0 Å². The Balaban J connectivity index is 1.55. The molecule has 8 rings (SSSR count). The molecule has 0 spiro atoms. The van der Waals surface area contributed by atoms with Crippen LogP contribution in [0.5, 0.6) is 0 Å². The summed E-state index contributed by atoms with van der Waals surface area (Å²) >= 11 is 0. The molecule has 12 nitrogen and oxygen atoms in total. The molecular weight excluding hydrogens is 545 g/mol. The minimum atomic E-state index is -0.777. The van der Waals surface area contributed by atoms with Gasteiger partial charge in [0.1, 0.15) is 5.65 Å². The van der Waals surface area contributed by atoms with E-state index in [4.69, 9.17) is 9.47 Å². The Morgan fingerprint density at radius 3 is 2.74 bits per heavy atom. The number of imidazole rings is 1. The Bertz CT molecular complexity index is 1900. The van der Waals surface area contributed by atoms with Crippen molar-refractivity contribution < 1.29 is 23.8 Å². The molecule has 2 aliphatic heterocycles. The second kappa shape index (κ2) is 9.81. The second-order valence-corrected chi connectivity index (χ2v) is 11.0. The summed E-state index contributed by atoms with van der Waals surface area (Å²) in [5.41, 5.74) is 4.39. The predicted octanol–water partition coefficient (Wildman–Crippen LogP) is 3.30. The molecular formula is C29H30FN7O5. The van der Waals surface area contributed by atoms with Crippen molar-refractivity contribution in [3.05, 3.63) is 58.7 Å². The molecule has 4 atom stereocenters. The first-order valence-electron chi connectivity index (χ1n) is 13.8. The molecule has 1 aliphatic carbocycles. The number of nitrogens with zero attached hydrogens (tertiary/aromatic N) is 5. The zero-order valence-corrected chi connectivity index (χ0v) is 23.3. The quantitative estimate of drug-likeness (QED) is 0.293. The second-order valence-electron chi connectivity index (χ2n) is 11.0. The van der Waals surface area contributed by atoms with Crippen LogP contribution in [0.25, 0.3) is 44.5 Å². The fourth-order valence-electron chi connectivity index (χ4n) is 6.54. The van der Waals surface area contributed by atoms with Gasteiger partial charge in [0.25, 0.3) is 0 Å². The van der Waals surface area contributed by atoms with E-state index in [0.717, 1.165) is 5.56 Å². The lowest BCUT2D eigenvalue weighted by Gasteiger charge is -2.21. The SMILES string of the molecule is COC(=O)N[C@H]1C[C@H]2C[C@H]1OCC[C@H](O)c1ccc(cc1)-c1c(-c3cn(C)nc3F)[nH]c3ncc4c(c13)n2c(=O)n4C. The molecule has 1 amide bonds. The highest BCUT2D eigenvalue weighted by Crippen LogP contribution is 2.43. The van der Waals surface area contributed by atoms with Gasteiger partial charge in [0, 0.05) is 44.9 Å². The van der Waals surface area contributed by atoms with Crippen LogP contribution in [-0.2, 0) is 23.6 Å². The number of amides is 1. The number of benzene rings is 1. The van der Waals surface area contributed by atoms with Crippen LogP contribution >= 0.6 is 0 Å². The van der Waals surface area contributed by atoms with Crippen LogP contribution in [0.4, 0.5) is 9.18 Å². The molecule has 0 saturated heterocycles. The van der Waals surface area contributed by atoms with E-state index in [9.17, 15) is 14.7 Å². The van der Waals surface area contributed by atoms with Crippen LogP contribution < -0.4 is 11.0 Å². The number of halogens is 1. The minimum Gasteiger partial charge on any atom is -0.453 e. The lowest BCUT2D eigenvalue weighted by molar-refractivity contribution is 0.0166. The average Bonchev–Trinajstić information content (AvgIpc) is 3.71. The summed E-state index contributed by atoms with van der Waals surface area (Å²) in [5.74, 6) is -0.641. The fourth-order valence-corrected chi connectivity index (χ4v) is 6.54. The van der Waals surface area contributed by atoms with E-state index in [1.807, 2.05) is 24.3 Å². The number of aliphatic hydroxyl groups is 1. The summed E-state index contributed by atoms with van der Waals surface area (Å²) in [4.78, 5) is 34.1. The molecule has 1 saturated carbocycles. The topological polar surface area (TPSA) is 141 Å². The molecule has 6 heterocycles. The number of aryl methyl sites for hydroxylation is 2. The number of aromatic amines is 1. The Morgan fingerprint density at radius 2 is 2.02 bits per heavy atom. The number of alkyl carbamates (subject to hydrolysis) is 1. The third kappa shape index (κ3) is 4.02. The van der Waals surface area contributed by atoms with Gasteiger partial charge in [-0.15, -0.1) is 5.10 Å². The zero-order chi connectivity index (χ0) is 29.3. The van der Waals surface area contributed by atoms with Gasteiger partial charge in [-0.25, -0.2) is 14.6 Å². The van der Waals surface area contributed by atoms with E-state index in [-0.39, 0.29) is 23.9 Å². The fraction of sp³-hybridized carbons (Fsp3) is 0.379. The van der Waals surface area contributed by atoms with Crippen molar-refractivity contribution in [1.82, 2.24) is 34.2 Å². The maximum atomic E-state index is 15.1. The van der Waals surface area contributed by atoms with Crippen molar-refractivity contribution in [3.63, 3.8) is 0 Å². The Morgan fingerprint density at radius 1 is 1.24 bits per heavy atom. The molecule has 218 valence electrons. The largest absolute Gasteiger partial charge is 0.453 e. The summed E-state index contributed by atoms with van der Waals surface area (Å²) in [6, 6.07) is 6.67. The van der Waals surface area contributed by atoms with E-state index in [1.54, 1.807) is 35.6 Å². The van der Waals surface area contributed by atoms with Crippen LogP contribution in [0.2, 0.25) is 0 Å². The monoisotopic (exact) mass is 575 g/mol. The Kier molecular flexibility index (Phi) is 6.17. The number of carbonyl (C=O) groups excluding carboxylic acids is 1. The molecule has 42 heavy (non-hydrogen) atoms. The number of fused-ring (bicyclic) bond motifs is 5. The van der Waals surface area contributed by atoms with Gasteiger partial charge >= 0.3 is 11.8 Å². The van der Waals surface area contributed by atoms with Gasteiger partial charge in [-0.05, 0) is 24.0 Å². The summed E-state index contributed by atoms with van der Waals surface area (Å²) in [6.07, 6.45) is 2.66. The van der Waals surface area contributed by atoms with Gasteiger partial charge in [-0.1, -0.05) is 24.3 Å². The van der Waals surface area contributed by atoms with Crippen molar-refractivity contribution in [2.45, 2.75) is 43.6 Å². The first-order chi connectivity index (χ1) is 20.2. The molecule has 3 aliphatic rings. The van der Waals surface area contributed by atoms with Crippen LogP contribution in [0.1, 0.15) is 37.0 Å². The maximum absolute atomic E-state index is 15.1.